The van der Waals surface area contributed by atoms with Crippen molar-refractivity contribution in [2.24, 2.45) is 0 Å². The van der Waals surface area contributed by atoms with Crippen molar-refractivity contribution in [3.63, 3.8) is 0 Å². The number of rotatable bonds is 6. The van der Waals surface area contributed by atoms with E-state index in [0.717, 1.165) is 35.2 Å². The summed E-state index contributed by atoms with van der Waals surface area (Å²) in [7, 11) is 3.84. The normalized spacial score (nSPS) is 15.7. The fraction of sp³-hybridized carbons (Fsp3) is 0.333. The Morgan fingerprint density at radius 1 is 1.16 bits per heavy atom. The standard InChI is InChI=1S/C24H27N5O2/c1-17-14-25-12-11-19(17)20-15-26-24(28(2)3)27-23(20)21-10-7-13-29(21)22(30)16-31-18-8-5-4-6-9-18/h4-6,8-9,11-12,14-15,21H,7,10,13,16H2,1-3H3. The van der Waals surface area contributed by atoms with Gasteiger partial charge in [-0.15, -0.1) is 0 Å². The third kappa shape index (κ3) is 4.50. The number of carbonyl (C=O) groups is 1. The van der Waals surface area contributed by atoms with Crippen molar-refractivity contribution < 1.29 is 9.53 Å². The number of benzene rings is 1. The second-order valence-electron chi connectivity index (χ2n) is 7.90. The van der Waals surface area contributed by atoms with Crippen LogP contribution in [0.25, 0.3) is 11.1 Å². The molecule has 1 aromatic carbocycles. The van der Waals surface area contributed by atoms with Gasteiger partial charge in [-0.3, -0.25) is 9.78 Å². The number of para-hydroxylation sites is 1. The molecule has 160 valence electrons. The fourth-order valence-electron chi connectivity index (χ4n) is 3.93. The molecular weight excluding hydrogens is 390 g/mol. The number of pyridine rings is 1. The van der Waals surface area contributed by atoms with Crippen LogP contribution in [0.4, 0.5) is 5.95 Å². The molecular formula is C24H27N5O2. The second kappa shape index (κ2) is 9.12. The summed E-state index contributed by atoms with van der Waals surface area (Å²) in [6, 6.07) is 11.3. The molecule has 1 aliphatic heterocycles. The molecule has 2 aromatic heterocycles. The van der Waals surface area contributed by atoms with Crippen LogP contribution in [-0.4, -0.2) is 53.0 Å². The highest BCUT2D eigenvalue weighted by Gasteiger charge is 2.33. The number of anilines is 1. The number of aromatic nitrogens is 3. The predicted molar refractivity (Wildman–Crippen MR) is 120 cm³/mol. The lowest BCUT2D eigenvalue weighted by Gasteiger charge is -2.27. The molecule has 4 rings (SSSR count). The number of likely N-dealkylation sites (tertiary alicyclic amines) is 1. The first-order valence-corrected chi connectivity index (χ1v) is 10.5. The lowest BCUT2D eigenvalue weighted by molar-refractivity contribution is -0.134. The van der Waals surface area contributed by atoms with Crippen LogP contribution in [-0.2, 0) is 4.79 Å². The lowest BCUT2D eigenvalue weighted by atomic mass is 9.98. The van der Waals surface area contributed by atoms with E-state index < -0.39 is 0 Å². The Hall–Kier alpha value is -3.48. The van der Waals surface area contributed by atoms with Crippen molar-refractivity contribution in [3.8, 4) is 16.9 Å². The van der Waals surface area contributed by atoms with Gasteiger partial charge in [-0.1, -0.05) is 18.2 Å². The SMILES string of the molecule is Cc1cnccc1-c1cnc(N(C)C)nc1C1CCCN1C(=O)COc1ccccc1. The van der Waals surface area contributed by atoms with Gasteiger partial charge in [0.2, 0.25) is 5.95 Å². The second-order valence-corrected chi connectivity index (χ2v) is 7.90. The Morgan fingerprint density at radius 2 is 1.97 bits per heavy atom. The Balaban J connectivity index is 1.65. The summed E-state index contributed by atoms with van der Waals surface area (Å²) in [5.41, 5.74) is 3.90. The van der Waals surface area contributed by atoms with E-state index in [-0.39, 0.29) is 18.6 Å². The van der Waals surface area contributed by atoms with Crippen molar-refractivity contribution in [1.29, 1.82) is 0 Å². The van der Waals surface area contributed by atoms with Gasteiger partial charge in [0.1, 0.15) is 5.75 Å². The zero-order valence-electron chi connectivity index (χ0n) is 18.2. The van der Waals surface area contributed by atoms with Crippen LogP contribution in [0.2, 0.25) is 0 Å². The maximum Gasteiger partial charge on any atom is 0.261 e. The zero-order valence-corrected chi connectivity index (χ0v) is 18.2. The molecule has 3 heterocycles. The maximum atomic E-state index is 13.1. The topological polar surface area (TPSA) is 71.5 Å². The van der Waals surface area contributed by atoms with Crippen LogP contribution >= 0.6 is 0 Å². The third-order valence-electron chi connectivity index (χ3n) is 5.51. The molecule has 1 amide bonds. The molecule has 7 nitrogen and oxygen atoms in total. The minimum absolute atomic E-state index is 0.00968. The molecule has 0 saturated carbocycles. The molecule has 0 radical (unpaired) electrons. The maximum absolute atomic E-state index is 13.1. The summed E-state index contributed by atoms with van der Waals surface area (Å²) in [6.45, 7) is 2.73. The van der Waals surface area contributed by atoms with E-state index in [1.54, 1.807) is 6.20 Å². The Morgan fingerprint density at radius 3 is 2.71 bits per heavy atom. The van der Waals surface area contributed by atoms with Crippen LogP contribution in [0.15, 0.2) is 55.0 Å². The summed E-state index contributed by atoms with van der Waals surface area (Å²) < 4.78 is 5.72. The Labute approximate surface area is 182 Å². The summed E-state index contributed by atoms with van der Waals surface area (Å²) in [5, 5.41) is 0. The quantitative estimate of drug-likeness (QED) is 0.610. The van der Waals surface area contributed by atoms with E-state index >= 15 is 0 Å². The largest absolute Gasteiger partial charge is 0.484 e. The van der Waals surface area contributed by atoms with E-state index in [9.17, 15) is 4.79 Å². The molecule has 31 heavy (non-hydrogen) atoms. The summed E-state index contributed by atoms with van der Waals surface area (Å²) >= 11 is 0. The first-order valence-electron chi connectivity index (χ1n) is 10.5. The molecule has 0 bridgehead atoms. The molecule has 0 spiro atoms. The highest BCUT2D eigenvalue weighted by Crippen LogP contribution is 2.37. The van der Waals surface area contributed by atoms with Gasteiger partial charge in [-0.05, 0) is 49.1 Å². The van der Waals surface area contributed by atoms with Crippen molar-refractivity contribution in [3.05, 3.63) is 66.2 Å². The van der Waals surface area contributed by atoms with Crippen LogP contribution in [0.3, 0.4) is 0 Å². The molecule has 1 atom stereocenters. The number of amides is 1. The number of hydrogen-bond acceptors (Lipinski definition) is 6. The number of carbonyl (C=O) groups excluding carboxylic acids is 1. The summed E-state index contributed by atoms with van der Waals surface area (Å²) in [4.78, 5) is 30.5. The summed E-state index contributed by atoms with van der Waals surface area (Å²) in [6.07, 6.45) is 7.26. The van der Waals surface area contributed by atoms with Gasteiger partial charge in [0.25, 0.3) is 5.91 Å². The van der Waals surface area contributed by atoms with Crippen LogP contribution in [0.5, 0.6) is 5.75 Å². The van der Waals surface area contributed by atoms with Gasteiger partial charge in [0.15, 0.2) is 6.61 Å². The van der Waals surface area contributed by atoms with E-state index in [1.165, 1.54) is 0 Å². The van der Waals surface area contributed by atoms with E-state index in [4.69, 9.17) is 9.72 Å². The first kappa shape index (κ1) is 20.8. The monoisotopic (exact) mass is 417 g/mol. The Kier molecular flexibility index (Phi) is 6.11. The average Bonchev–Trinajstić information content (AvgIpc) is 3.28. The van der Waals surface area contributed by atoms with Gasteiger partial charge in [0, 0.05) is 44.8 Å². The van der Waals surface area contributed by atoms with Crippen molar-refractivity contribution >= 4 is 11.9 Å². The highest BCUT2D eigenvalue weighted by atomic mass is 16.5. The molecule has 3 aromatic rings. The van der Waals surface area contributed by atoms with Gasteiger partial charge >= 0.3 is 0 Å². The van der Waals surface area contributed by atoms with E-state index in [0.29, 0.717) is 18.2 Å². The minimum atomic E-state index is -0.115. The number of aryl methyl sites for hydroxylation is 1. The van der Waals surface area contributed by atoms with Gasteiger partial charge in [0.05, 0.1) is 11.7 Å². The molecule has 1 aliphatic rings. The zero-order chi connectivity index (χ0) is 21.8. The van der Waals surface area contributed by atoms with Crippen LogP contribution < -0.4 is 9.64 Å². The lowest BCUT2D eigenvalue weighted by Crippen LogP contribution is -2.35. The Bertz CT molecular complexity index is 1050. The number of ether oxygens (including phenoxy) is 1. The average molecular weight is 418 g/mol. The van der Waals surface area contributed by atoms with Gasteiger partial charge in [-0.2, -0.15) is 0 Å². The summed E-state index contributed by atoms with van der Waals surface area (Å²) in [5.74, 6) is 1.29. The van der Waals surface area contributed by atoms with Crippen molar-refractivity contribution in [1.82, 2.24) is 19.9 Å². The third-order valence-corrected chi connectivity index (χ3v) is 5.51. The van der Waals surface area contributed by atoms with E-state index in [1.807, 2.05) is 79.6 Å². The smallest absolute Gasteiger partial charge is 0.261 e. The van der Waals surface area contributed by atoms with Crippen LogP contribution in [0.1, 0.15) is 30.1 Å². The predicted octanol–water partition coefficient (Wildman–Crippen LogP) is 3.66. The molecule has 0 aliphatic carbocycles. The van der Waals surface area contributed by atoms with Gasteiger partial charge in [-0.25, -0.2) is 9.97 Å². The van der Waals surface area contributed by atoms with Gasteiger partial charge < -0.3 is 14.5 Å². The fourth-order valence-corrected chi connectivity index (χ4v) is 3.93. The van der Waals surface area contributed by atoms with Crippen molar-refractivity contribution in [2.75, 3.05) is 32.1 Å². The first-order chi connectivity index (χ1) is 15.0. The van der Waals surface area contributed by atoms with E-state index in [2.05, 4.69) is 9.97 Å². The number of nitrogens with zero attached hydrogens (tertiary/aromatic N) is 5. The van der Waals surface area contributed by atoms with Crippen molar-refractivity contribution in [2.45, 2.75) is 25.8 Å². The molecule has 1 fully saturated rings. The molecule has 1 saturated heterocycles. The minimum Gasteiger partial charge on any atom is -0.484 e. The molecule has 0 N–H and O–H groups in total. The molecule has 7 heteroatoms. The van der Waals surface area contributed by atoms with Crippen LogP contribution in [0, 0.1) is 6.92 Å². The number of hydrogen-bond donors (Lipinski definition) is 0. The highest BCUT2D eigenvalue weighted by molar-refractivity contribution is 5.79. The molecule has 1 unspecified atom stereocenters.